The van der Waals surface area contributed by atoms with Gasteiger partial charge in [0.25, 0.3) is 11.5 Å². The van der Waals surface area contributed by atoms with E-state index in [9.17, 15) is 9.59 Å². The molecule has 1 amide bonds. The van der Waals surface area contributed by atoms with E-state index in [0.717, 1.165) is 16.8 Å². The molecule has 0 aliphatic carbocycles. The number of hydrogen-bond donors (Lipinski definition) is 2. The van der Waals surface area contributed by atoms with Crippen LogP contribution in [0.2, 0.25) is 0 Å². The molecule has 0 radical (unpaired) electrons. The van der Waals surface area contributed by atoms with Gasteiger partial charge in [-0.15, -0.1) is 10.2 Å². The van der Waals surface area contributed by atoms with Gasteiger partial charge in [-0.1, -0.05) is 12.1 Å². The Morgan fingerprint density at radius 3 is 2.42 bits per heavy atom. The first kappa shape index (κ1) is 18.3. The number of aromatic amines is 1. The third kappa shape index (κ3) is 3.65. The van der Waals surface area contributed by atoms with E-state index in [1.807, 2.05) is 36.4 Å². The molecular formula is C21H14N8O2. The highest BCUT2D eigenvalue weighted by Gasteiger charge is 2.11. The van der Waals surface area contributed by atoms with E-state index in [1.165, 1.54) is 12.1 Å². The number of fused-ring (bicyclic) bond motifs is 1. The van der Waals surface area contributed by atoms with Crippen LogP contribution in [-0.2, 0) is 0 Å². The molecule has 2 N–H and O–H groups in total. The number of carbonyl (C=O) groups is 1. The Morgan fingerprint density at radius 1 is 0.871 bits per heavy atom. The lowest BCUT2D eigenvalue weighted by molar-refractivity contribution is 0.102. The van der Waals surface area contributed by atoms with Crippen molar-refractivity contribution in [2.75, 3.05) is 5.32 Å². The van der Waals surface area contributed by atoms with Crippen LogP contribution in [0.4, 0.5) is 5.69 Å². The number of aromatic nitrogens is 7. The minimum absolute atomic E-state index is 0.118. The molecule has 0 spiro atoms. The van der Waals surface area contributed by atoms with Gasteiger partial charge >= 0.3 is 0 Å². The van der Waals surface area contributed by atoms with Gasteiger partial charge in [0.1, 0.15) is 5.69 Å². The molecule has 0 saturated carbocycles. The van der Waals surface area contributed by atoms with Crippen LogP contribution in [0.15, 0.2) is 77.9 Å². The van der Waals surface area contributed by atoms with Crippen molar-refractivity contribution in [2.45, 2.75) is 0 Å². The molecule has 4 aromatic heterocycles. The number of nitrogens with one attached hydrogen (secondary N) is 2. The maximum atomic E-state index is 12.2. The van der Waals surface area contributed by atoms with Gasteiger partial charge in [-0.05, 0) is 42.5 Å². The largest absolute Gasteiger partial charge is 0.321 e. The molecule has 10 nitrogen and oxygen atoms in total. The number of pyridine rings is 1. The highest BCUT2D eigenvalue weighted by atomic mass is 16.2. The van der Waals surface area contributed by atoms with Crippen molar-refractivity contribution in [1.29, 1.82) is 0 Å². The van der Waals surface area contributed by atoms with E-state index in [0.29, 0.717) is 17.2 Å². The van der Waals surface area contributed by atoms with Gasteiger partial charge in [-0.2, -0.15) is 14.7 Å². The molecule has 5 rings (SSSR count). The van der Waals surface area contributed by atoms with Gasteiger partial charge in [0.15, 0.2) is 11.5 Å². The molecule has 31 heavy (non-hydrogen) atoms. The number of amides is 1. The molecule has 5 aromatic rings. The molecular weight excluding hydrogens is 396 g/mol. The summed E-state index contributed by atoms with van der Waals surface area (Å²) in [5.41, 5.74) is 3.41. The molecule has 150 valence electrons. The Kier molecular flexibility index (Phi) is 4.49. The fourth-order valence-electron chi connectivity index (χ4n) is 3.01. The van der Waals surface area contributed by atoms with Crippen molar-refractivity contribution in [3.63, 3.8) is 0 Å². The number of hydrogen-bond acceptors (Lipinski definition) is 7. The zero-order chi connectivity index (χ0) is 21.2. The summed E-state index contributed by atoms with van der Waals surface area (Å²) in [4.78, 5) is 27.3. The van der Waals surface area contributed by atoms with Crippen LogP contribution in [0.25, 0.3) is 28.3 Å². The van der Waals surface area contributed by atoms with Gasteiger partial charge in [-0.3, -0.25) is 14.6 Å². The number of anilines is 1. The van der Waals surface area contributed by atoms with Crippen LogP contribution in [0, 0.1) is 0 Å². The molecule has 0 atom stereocenters. The zero-order valence-electron chi connectivity index (χ0n) is 15.9. The van der Waals surface area contributed by atoms with E-state index in [1.54, 1.807) is 29.0 Å². The van der Waals surface area contributed by atoms with Crippen LogP contribution in [0.5, 0.6) is 0 Å². The minimum atomic E-state index is -0.421. The van der Waals surface area contributed by atoms with Crippen LogP contribution < -0.4 is 10.9 Å². The summed E-state index contributed by atoms with van der Waals surface area (Å²) < 4.78 is 1.68. The summed E-state index contributed by atoms with van der Waals surface area (Å²) in [6, 6.07) is 17.2. The Balaban J connectivity index is 1.41. The van der Waals surface area contributed by atoms with Gasteiger partial charge < -0.3 is 5.32 Å². The number of rotatable bonds is 4. The normalized spacial score (nSPS) is 10.8. The van der Waals surface area contributed by atoms with Crippen molar-refractivity contribution in [2.24, 2.45) is 0 Å². The maximum Gasteiger partial charge on any atom is 0.276 e. The lowest BCUT2D eigenvalue weighted by atomic mass is 10.1. The van der Waals surface area contributed by atoms with Crippen molar-refractivity contribution >= 4 is 17.2 Å². The summed E-state index contributed by atoms with van der Waals surface area (Å²) in [6.07, 6.45) is 3.38. The van der Waals surface area contributed by atoms with Gasteiger partial charge in [0.05, 0.1) is 5.69 Å². The zero-order valence-corrected chi connectivity index (χ0v) is 15.9. The smallest absolute Gasteiger partial charge is 0.276 e. The molecule has 0 bridgehead atoms. The summed E-state index contributed by atoms with van der Waals surface area (Å²) in [7, 11) is 0. The topological polar surface area (TPSA) is 131 Å². The Hall–Kier alpha value is -4.73. The van der Waals surface area contributed by atoms with E-state index in [2.05, 4.69) is 35.8 Å². The second-order valence-corrected chi connectivity index (χ2v) is 6.59. The third-order valence-electron chi connectivity index (χ3n) is 4.55. The van der Waals surface area contributed by atoms with Crippen molar-refractivity contribution in [3.05, 3.63) is 89.1 Å². The van der Waals surface area contributed by atoms with Crippen LogP contribution in [0.1, 0.15) is 10.5 Å². The first-order chi connectivity index (χ1) is 15.2. The molecule has 1 aromatic carbocycles. The molecule has 0 unspecified atom stereocenters. The summed E-state index contributed by atoms with van der Waals surface area (Å²) in [6.45, 7) is 0. The predicted molar refractivity (Wildman–Crippen MR) is 112 cm³/mol. The average Bonchev–Trinajstić information content (AvgIpc) is 3.24. The molecule has 0 saturated heterocycles. The lowest BCUT2D eigenvalue weighted by Gasteiger charge is -2.07. The number of nitrogens with zero attached hydrogens (tertiary/aromatic N) is 6. The Labute approximate surface area is 174 Å². The standard InChI is InChI=1S/C21H14N8O2/c30-19-8-6-17(24-26-19)21(31)23-15-3-1-13(2-4-15)16-5-7-18-25-27-20(29(18)28-16)14-9-11-22-12-10-14/h1-12H,(H,23,31)(H,26,30). The fourth-order valence-corrected chi connectivity index (χ4v) is 3.01. The third-order valence-corrected chi connectivity index (χ3v) is 4.55. The van der Waals surface area contributed by atoms with Crippen molar-refractivity contribution < 1.29 is 4.79 Å². The van der Waals surface area contributed by atoms with E-state index >= 15 is 0 Å². The van der Waals surface area contributed by atoms with Crippen LogP contribution in [-0.4, -0.2) is 40.9 Å². The first-order valence-corrected chi connectivity index (χ1v) is 9.28. The highest BCUT2D eigenvalue weighted by molar-refractivity contribution is 6.02. The second-order valence-electron chi connectivity index (χ2n) is 6.59. The maximum absolute atomic E-state index is 12.2. The van der Waals surface area contributed by atoms with Gasteiger partial charge in [0, 0.05) is 35.3 Å². The highest BCUT2D eigenvalue weighted by Crippen LogP contribution is 2.22. The summed E-state index contributed by atoms with van der Waals surface area (Å²) >= 11 is 0. The van der Waals surface area contributed by atoms with Gasteiger partial charge in [-0.25, -0.2) is 5.10 Å². The average molecular weight is 410 g/mol. The molecule has 0 aliphatic rings. The van der Waals surface area contributed by atoms with Gasteiger partial charge in [0.2, 0.25) is 0 Å². The Bertz CT molecular complexity index is 1420. The number of benzene rings is 1. The Morgan fingerprint density at radius 2 is 1.68 bits per heavy atom. The molecule has 10 heteroatoms. The van der Waals surface area contributed by atoms with Crippen molar-refractivity contribution in [3.8, 4) is 22.6 Å². The predicted octanol–water partition coefficient (Wildman–Crippen LogP) is 2.19. The monoisotopic (exact) mass is 410 g/mol. The minimum Gasteiger partial charge on any atom is -0.321 e. The van der Waals surface area contributed by atoms with E-state index in [4.69, 9.17) is 0 Å². The molecule has 0 fully saturated rings. The quantitative estimate of drug-likeness (QED) is 0.464. The first-order valence-electron chi connectivity index (χ1n) is 9.28. The van der Waals surface area contributed by atoms with Crippen LogP contribution >= 0.6 is 0 Å². The van der Waals surface area contributed by atoms with E-state index < -0.39 is 5.91 Å². The molecule has 4 heterocycles. The van der Waals surface area contributed by atoms with Crippen molar-refractivity contribution in [1.82, 2.24) is 35.0 Å². The van der Waals surface area contributed by atoms with E-state index in [-0.39, 0.29) is 11.3 Å². The summed E-state index contributed by atoms with van der Waals surface area (Å²) in [5.74, 6) is 0.201. The lowest BCUT2D eigenvalue weighted by Crippen LogP contribution is -2.17. The SMILES string of the molecule is O=C(Nc1ccc(-c2ccc3nnc(-c4ccncc4)n3n2)cc1)c1ccc(=O)[nH]n1. The van der Waals surface area contributed by atoms with Crippen LogP contribution in [0.3, 0.4) is 0 Å². The molecule has 0 aliphatic heterocycles. The summed E-state index contributed by atoms with van der Waals surface area (Å²) in [5, 5.41) is 21.8. The number of carbonyl (C=O) groups excluding carboxylic acids is 1. The second kappa shape index (κ2) is 7.59. The number of H-pyrrole nitrogens is 1. The fraction of sp³-hybridized carbons (Fsp3) is 0.